The monoisotopic (exact) mass is 371 g/mol. The molecule has 2 aromatic rings. The number of hydrogen-bond acceptors (Lipinski definition) is 4. The largest absolute Gasteiger partial charge is 0.496 e. The first-order valence-corrected chi connectivity index (χ1v) is 8.81. The molecule has 7 heteroatoms. The summed E-state index contributed by atoms with van der Waals surface area (Å²) in [5, 5.41) is 4.05. The number of piperidine rings is 1. The van der Waals surface area contributed by atoms with Crippen LogP contribution in [0.4, 0.5) is 4.39 Å². The molecule has 1 aliphatic rings. The lowest BCUT2D eigenvalue weighted by Gasteiger charge is -2.31. The topological polar surface area (TPSA) is 64.4 Å². The third-order valence-corrected chi connectivity index (χ3v) is 4.67. The molecular formula is C20H22FN3O3. The molecular weight excluding hydrogens is 349 g/mol. The van der Waals surface area contributed by atoms with Gasteiger partial charge in [-0.05, 0) is 37.1 Å². The Morgan fingerprint density at radius 1 is 1.37 bits per heavy atom. The first-order valence-electron chi connectivity index (χ1n) is 8.81. The zero-order valence-electron chi connectivity index (χ0n) is 15.4. The van der Waals surface area contributed by atoms with Gasteiger partial charge in [-0.3, -0.25) is 14.3 Å². The van der Waals surface area contributed by atoms with E-state index in [2.05, 4.69) is 5.10 Å². The van der Waals surface area contributed by atoms with Crippen LogP contribution in [0.25, 0.3) is 6.08 Å². The van der Waals surface area contributed by atoms with E-state index in [4.69, 9.17) is 4.74 Å². The fourth-order valence-corrected chi connectivity index (χ4v) is 3.28. The predicted octanol–water partition coefficient (Wildman–Crippen LogP) is 2.70. The summed E-state index contributed by atoms with van der Waals surface area (Å²) in [6, 6.07) is 3.91. The standard InChI is InChI=1S/C20H22FN3O3/c1-23-12-14(11-22-23)5-8-19(25)24-9-3-4-15(13-24)20(26)17-10-16(21)6-7-18(17)27-2/h5-8,10-12,15H,3-4,9,13H2,1-2H3/b8-5+. The maximum atomic E-state index is 13.6. The van der Waals surface area contributed by atoms with E-state index in [9.17, 15) is 14.0 Å². The molecule has 2 heterocycles. The summed E-state index contributed by atoms with van der Waals surface area (Å²) in [6.07, 6.45) is 8.06. The summed E-state index contributed by atoms with van der Waals surface area (Å²) in [4.78, 5) is 27.0. The van der Waals surface area contributed by atoms with Crippen molar-refractivity contribution in [2.75, 3.05) is 20.2 Å². The van der Waals surface area contributed by atoms with Crippen molar-refractivity contribution in [3.8, 4) is 5.75 Å². The number of carbonyl (C=O) groups is 2. The average molecular weight is 371 g/mol. The molecule has 1 amide bonds. The van der Waals surface area contributed by atoms with Crippen LogP contribution in [0.1, 0.15) is 28.8 Å². The number of ether oxygens (including phenoxy) is 1. The minimum absolute atomic E-state index is 0.150. The third kappa shape index (κ3) is 4.42. The number of ketones is 1. The van der Waals surface area contributed by atoms with Crippen LogP contribution in [-0.2, 0) is 11.8 Å². The number of halogens is 1. The Balaban J connectivity index is 1.70. The third-order valence-electron chi connectivity index (χ3n) is 4.67. The molecule has 0 bridgehead atoms. The molecule has 1 aliphatic heterocycles. The number of carbonyl (C=O) groups excluding carboxylic acids is 2. The highest BCUT2D eigenvalue weighted by Gasteiger charge is 2.30. The van der Waals surface area contributed by atoms with Gasteiger partial charge >= 0.3 is 0 Å². The zero-order valence-corrected chi connectivity index (χ0v) is 15.4. The van der Waals surface area contributed by atoms with Gasteiger partial charge in [0.2, 0.25) is 5.91 Å². The van der Waals surface area contributed by atoms with Crippen LogP contribution >= 0.6 is 0 Å². The molecule has 0 spiro atoms. The highest BCUT2D eigenvalue weighted by atomic mass is 19.1. The van der Waals surface area contributed by atoms with E-state index in [0.717, 1.165) is 12.0 Å². The Morgan fingerprint density at radius 3 is 2.89 bits per heavy atom. The molecule has 1 unspecified atom stereocenters. The number of aromatic nitrogens is 2. The molecule has 1 aromatic heterocycles. The van der Waals surface area contributed by atoms with E-state index in [1.54, 1.807) is 28.9 Å². The predicted molar refractivity (Wildman–Crippen MR) is 98.8 cm³/mol. The van der Waals surface area contributed by atoms with Crippen LogP contribution in [0.3, 0.4) is 0 Å². The van der Waals surface area contributed by atoms with Gasteiger partial charge in [-0.15, -0.1) is 0 Å². The van der Waals surface area contributed by atoms with Gasteiger partial charge in [-0.25, -0.2) is 4.39 Å². The first-order chi connectivity index (χ1) is 13.0. The molecule has 3 rings (SSSR count). The second-order valence-electron chi connectivity index (χ2n) is 6.61. The van der Waals surface area contributed by atoms with Crippen molar-refractivity contribution < 1.29 is 18.7 Å². The second kappa shape index (κ2) is 8.16. The van der Waals surface area contributed by atoms with E-state index in [1.165, 1.54) is 31.4 Å². The van der Waals surface area contributed by atoms with E-state index < -0.39 is 5.82 Å². The summed E-state index contributed by atoms with van der Waals surface area (Å²) < 4.78 is 20.4. The lowest BCUT2D eigenvalue weighted by atomic mass is 9.89. The van der Waals surface area contributed by atoms with Crippen molar-refractivity contribution in [1.29, 1.82) is 0 Å². The first kappa shape index (κ1) is 18.8. The average Bonchev–Trinajstić information content (AvgIpc) is 3.10. The van der Waals surface area contributed by atoms with Gasteiger partial charge in [0.25, 0.3) is 0 Å². The Kier molecular flexibility index (Phi) is 5.69. The smallest absolute Gasteiger partial charge is 0.246 e. The SMILES string of the molecule is COc1ccc(F)cc1C(=O)C1CCCN(C(=O)/C=C/c2cnn(C)c2)C1. The van der Waals surface area contributed by atoms with E-state index in [1.807, 2.05) is 6.20 Å². The maximum Gasteiger partial charge on any atom is 0.246 e. The van der Waals surface area contributed by atoms with Gasteiger partial charge in [-0.1, -0.05) is 0 Å². The summed E-state index contributed by atoms with van der Waals surface area (Å²) in [7, 11) is 3.25. The highest BCUT2D eigenvalue weighted by Crippen LogP contribution is 2.27. The fraction of sp³-hybridized carbons (Fsp3) is 0.350. The second-order valence-corrected chi connectivity index (χ2v) is 6.61. The van der Waals surface area contributed by atoms with Crippen LogP contribution in [0.2, 0.25) is 0 Å². The van der Waals surface area contributed by atoms with Crippen molar-refractivity contribution in [3.05, 3.63) is 53.6 Å². The molecule has 0 saturated carbocycles. The van der Waals surface area contributed by atoms with Gasteiger partial charge in [0.15, 0.2) is 5.78 Å². The maximum absolute atomic E-state index is 13.6. The molecule has 1 fully saturated rings. The number of aryl methyl sites for hydroxylation is 1. The molecule has 1 saturated heterocycles. The van der Waals surface area contributed by atoms with E-state index >= 15 is 0 Å². The van der Waals surface area contributed by atoms with Crippen molar-refractivity contribution in [1.82, 2.24) is 14.7 Å². The van der Waals surface area contributed by atoms with Gasteiger partial charge < -0.3 is 9.64 Å². The number of likely N-dealkylation sites (tertiary alicyclic amines) is 1. The number of Topliss-reactive ketones (excluding diaryl/α,β-unsaturated/α-hetero) is 1. The van der Waals surface area contributed by atoms with E-state index in [0.29, 0.717) is 25.3 Å². The summed E-state index contributed by atoms with van der Waals surface area (Å²) >= 11 is 0. The Bertz CT molecular complexity index is 875. The van der Waals surface area contributed by atoms with Gasteiger partial charge in [-0.2, -0.15) is 5.10 Å². The van der Waals surface area contributed by atoms with Gasteiger partial charge in [0.05, 0.1) is 18.9 Å². The van der Waals surface area contributed by atoms with Crippen molar-refractivity contribution in [3.63, 3.8) is 0 Å². The summed E-state index contributed by atoms with van der Waals surface area (Å²) in [5.41, 5.74) is 1.06. The molecule has 0 N–H and O–H groups in total. The quantitative estimate of drug-likeness (QED) is 0.599. The van der Waals surface area contributed by atoms with Crippen molar-refractivity contribution in [2.24, 2.45) is 13.0 Å². The Morgan fingerprint density at radius 2 is 2.19 bits per heavy atom. The van der Waals surface area contributed by atoms with Gasteiger partial charge in [0.1, 0.15) is 11.6 Å². The van der Waals surface area contributed by atoms with Gasteiger partial charge in [0, 0.05) is 43.9 Å². The molecule has 1 atom stereocenters. The molecule has 0 aliphatic carbocycles. The van der Waals surface area contributed by atoms with Crippen molar-refractivity contribution in [2.45, 2.75) is 12.8 Å². The Hall–Kier alpha value is -2.96. The number of rotatable bonds is 5. The minimum atomic E-state index is -0.484. The number of methoxy groups -OCH3 is 1. The summed E-state index contributed by atoms with van der Waals surface area (Å²) in [5.74, 6) is -0.850. The number of amides is 1. The van der Waals surface area contributed by atoms with Crippen LogP contribution in [-0.4, -0.2) is 46.6 Å². The fourth-order valence-electron chi connectivity index (χ4n) is 3.28. The van der Waals surface area contributed by atoms with Crippen LogP contribution in [0.5, 0.6) is 5.75 Å². The molecule has 1 aromatic carbocycles. The number of hydrogen-bond donors (Lipinski definition) is 0. The molecule has 142 valence electrons. The number of benzene rings is 1. The number of nitrogens with zero attached hydrogens (tertiary/aromatic N) is 3. The van der Waals surface area contributed by atoms with Crippen LogP contribution in [0.15, 0.2) is 36.7 Å². The lowest BCUT2D eigenvalue weighted by molar-refractivity contribution is -0.127. The van der Waals surface area contributed by atoms with Crippen LogP contribution in [0, 0.1) is 11.7 Å². The van der Waals surface area contributed by atoms with E-state index in [-0.39, 0.29) is 23.2 Å². The molecule has 0 radical (unpaired) electrons. The van der Waals surface area contributed by atoms with Crippen LogP contribution < -0.4 is 4.74 Å². The Labute approximate surface area is 157 Å². The van der Waals surface area contributed by atoms with Crippen molar-refractivity contribution >= 4 is 17.8 Å². The summed E-state index contributed by atoms with van der Waals surface area (Å²) in [6.45, 7) is 0.912. The lowest BCUT2D eigenvalue weighted by Crippen LogP contribution is -2.41. The molecule has 6 nitrogen and oxygen atoms in total. The molecule has 27 heavy (non-hydrogen) atoms. The minimum Gasteiger partial charge on any atom is -0.496 e. The zero-order chi connectivity index (χ0) is 19.4. The highest BCUT2D eigenvalue weighted by molar-refractivity contribution is 6.01. The normalized spacial score (nSPS) is 17.3.